The molecule has 1 rings (SSSR count). The topological polar surface area (TPSA) is 37.3 Å². The van der Waals surface area contributed by atoms with E-state index in [2.05, 4.69) is 0 Å². The molecule has 2 heteroatoms. The van der Waals surface area contributed by atoms with Gasteiger partial charge in [-0.3, -0.25) is 0 Å². The van der Waals surface area contributed by atoms with Gasteiger partial charge in [-0.05, 0) is 18.1 Å². The van der Waals surface area contributed by atoms with E-state index in [0.29, 0.717) is 0 Å². The first-order valence-corrected chi connectivity index (χ1v) is 7.03. The summed E-state index contributed by atoms with van der Waals surface area (Å²) in [6.45, 7) is 1.98. The Kier molecular flexibility index (Phi) is 8.48. The number of carboxylic acids is 1. The molecular weight excluding hydrogens is 272 g/mol. The van der Waals surface area contributed by atoms with Crippen molar-refractivity contribution in [3.05, 3.63) is 96.2 Å². The SMILES string of the molecule is C/C=C/C=C\C=C\C=C/c1ccccc1/C=C/C=C/C(=O)O. The molecule has 0 amide bonds. The van der Waals surface area contributed by atoms with Crippen molar-refractivity contribution in [1.82, 2.24) is 0 Å². The summed E-state index contributed by atoms with van der Waals surface area (Å²) in [6.07, 6.45) is 22.0. The second kappa shape index (κ2) is 10.9. The first-order valence-electron chi connectivity index (χ1n) is 7.03. The van der Waals surface area contributed by atoms with Crippen LogP contribution in [0, 0.1) is 0 Å². The second-order valence-electron chi connectivity index (χ2n) is 4.34. The van der Waals surface area contributed by atoms with E-state index in [9.17, 15) is 4.79 Å². The number of allylic oxidation sites excluding steroid dienone is 9. The first-order chi connectivity index (χ1) is 10.7. The molecular formula is C20H20O2. The van der Waals surface area contributed by atoms with Crippen LogP contribution in [0.25, 0.3) is 12.2 Å². The lowest BCUT2D eigenvalue weighted by Crippen LogP contribution is -1.84. The summed E-state index contributed by atoms with van der Waals surface area (Å²) in [5, 5.41) is 8.54. The average Bonchev–Trinajstić information content (AvgIpc) is 2.51. The fourth-order valence-corrected chi connectivity index (χ4v) is 1.64. The zero-order valence-electron chi connectivity index (χ0n) is 12.6. The van der Waals surface area contributed by atoms with Gasteiger partial charge in [0.15, 0.2) is 0 Å². The predicted octanol–water partition coefficient (Wildman–Crippen LogP) is 5.04. The van der Waals surface area contributed by atoms with Gasteiger partial charge in [-0.2, -0.15) is 0 Å². The van der Waals surface area contributed by atoms with Crippen molar-refractivity contribution >= 4 is 18.1 Å². The van der Waals surface area contributed by atoms with E-state index in [1.807, 2.05) is 85.9 Å². The molecule has 0 aliphatic heterocycles. The van der Waals surface area contributed by atoms with Crippen LogP contribution in [0.15, 0.2) is 85.0 Å². The predicted molar refractivity (Wildman–Crippen MR) is 94.4 cm³/mol. The normalized spacial score (nSPS) is 13.0. The number of hydrogen-bond donors (Lipinski definition) is 1. The van der Waals surface area contributed by atoms with Gasteiger partial charge in [0.25, 0.3) is 0 Å². The molecule has 0 heterocycles. The summed E-state index contributed by atoms with van der Waals surface area (Å²) in [5.41, 5.74) is 2.11. The first kappa shape index (κ1) is 17.2. The molecule has 2 nitrogen and oxygen atoms in total. The molecule has 0 atom stereocenters. The van der Waals surface area contributed by atoms with Crippen LogP contribution in [-0.4, -0.2) is 11.1 Å². The molecule has 22 heavy (non-hydrogen) atoms. The third kappa shape index (κ3) is 7.65. The molecule has 0 radical (unpaired) electrons. The Morgan fingerprint density at radius 1 is 0.818 bits per heavy atom. The maximum absolute atomic E-state index is 10.4. The van der Waals surface area contributed by atoms with Gasteiger partial charge in [-0.1, -0.05) is 91.1 Å². The van der Waals surface area contributed by atoms with Crippen molar-refractivity contribution in [3.8, 4) is 0 Å². The van der Waals surface area contributed by atoms with Gasteiger partial charge in [0.05, 0.1) is 0 Å². The lowest BCUT2D eigenvalue weighted by Gasteiger charge is -1.98. The molecule has 0 saturated heterocycles. The van der Waals surface area contributed by atoms with Crippen LogP contribution in [0.3, 0.4) is 0 Å². The molecule has 1 aromatic rings. The lowest BCUT2D eigenvalue weighted by atomic mass is 10.1. The molecule has 0 aliphatic carbocycles. The zero-order valence-corrected chi connectivity index (χ0v) is 12.6. The molecule has 0 spiro atoms. The molecule has 0 aliphatic rings. The Labute approximate surface area is 131 Å². The summed E-state index contributed by atoms with van der Waals surface area (Å²) in [4.78, 5) is 10.4. The Morgan fingerprint density at radius 3 is 1.86 bits per heavy atom. The minimum absolute atomic E-state index is 0.950. The van der Waals surface area contributed by atoms with E-state index in [1.54, 1.807) is 6.08 Å². The summed E-state index contributed by atoms with van der Waals surface area (Å²) in [5.74, 6) is -0.950. The van der Waals surface area contributed by atoms with Crippen LogP contribution in [0.2, 0.25) is 0 Å². The summed E-state index contributed by atoms with van der Waals surface area (Å²) < 4.78 is 0. The largest absolute Gasteiger partial charge is 0.478 e. The average molecular weight is 292 g/mol. The number of aliphatic carboxylic acids is 1. The van der Waals surface area contributed by atoms with Gasteiger partial charge in [-0.25, -0.2) is 4.79 Å². The highest BCUT2D eigenvalue weighted by Crippen LogP contribution is 2.12. The molecule has 0 unspecified atom stereocenters. The number of carboxylic acid groups (broad SMARTS) is 1. The van der Waals surface area contributed by atoms with Gasteiger partial charge in [0.1, 0.15) is 0 Å². The van der Waals surface area contributed by atoms with Gasteiger partial charge < -0.3 is 5.11 Å². The number of carbonyl (C=O) groups is 1. The van der Waals surface area contributed by atoms with Crippen LogP contribution in [-0.2, 0) is 4.79 Å². The third-order valence-electron chi connectivity index (χ3n) is 2.65. The number of rotatable bonds is 7. The van der Waals surface area contributed by atoms with Crippen LogP contribution in [0.4, 0.5) is 0 Å². The zero-order chi connectivity index (χ0) is 16.0. The van der Waals surface area contributed by atoms with Gasteiger partial charge in [0.2, 0.25) is 0 Å². The number of benzene rings is 1. The lowest BCUT2D eigenvalue weighted by molar-refractivity contribution is -0.131. The molecule has 112 valence electrons. The third-order valence-corrected chi connectivity index (χ3v) is 2.65. The number of hydrogen-bond acceptors (Lipinski definition) is 1. The Morgan fingerprint density at radius 2 is 1.32 bits per heavy atom. The highest BCUT2D eigenvalue weighted by molar-refractivity contribution is 5.80. The maximum atomic E-state index is 10.4. The highest BCUT2D eigenvalue weighted by Gasteiger charge is 1.92. The minimum atomic E-state index is -0.950. The molecule has 0 saturated carbocycles. The van der Waals surface area contributed by atoms with Crippen LogP contribution < -0.4 is 0 Å². The Hall–Kier alpha value is -2.87. The standard InChI is InChI=1S/C20H20O2/c1-2-3-4-5-6-7-8-13-18-14-9-10-15-19(18)16-11-12-17-20(21)22/h2-17H,1H3,(H,21,22)/b3-2+,5-4-,7-6+,13-8-,16-11+,17-12+. The fraction of sp³-hybridized carbons (Fsp3) is 0.0500. The van der Waals surface area contributed by atoms with E-state index in [-0.39, 0.29) is 0 Å². The van der Waals surface area contributed by atoms with E-state index in [4.69, 9.17) is 5.11 Å². The van der Waals surface area contributed by atoms with Crippen LogP contribution in [0.5, 0.6) is 0 Å². The van der Waals surface area contributed by atoms with Crippen molar-refractivity contribution in [1.29, 1.82) is 0 Å². The Bertz CT molecular complexity index is 641. The van der Waals surface area contributed by atoms with E-state index < -0.39 is 5.97 Å². The van der Waals surface area contributed by atoms with Crippen molar-refractivity contribution in [2.24, 2.45) is 0 Å². The molecule has 1 aromatic carbocycles. The van der Waals surface area contributed by atoms with Gasteiger partial charge in [-0.15, -0.1) is 0 Å². The molecule has 0 fully saturated rings. The van der Waals surface area contributed by atoms with Gasteiger partial charge >= 0.3 is 5.97 Å². The smallest absolute Gasteiger partial charge is 0.328 e. The van der Waals surface area contributed by atoms with Gasteiger partial charge in [0, 0.05) is 6.08 Å². The maximum Gasteiger partial charge on any atom is 0.328 e. The fourth-order valence-electron chi connectivity index (χ4n) is 1.64. The molecule has 1 N–H and O–H groups in total. The second-order valence-corrected chi connectivity index (χ2v) is 4.34. The molecule has 0 aromatic heterocycles. The Balaban J connectivity index is 2.73. The van der Waals surface area contributed by atoms with Crippen molar-refractivity contribution in [3.63, 3.8) is 0 Å². The summed E-state index contributed by atoms with van der Waals surface area (Å²) in [7, 11) is 0. The highest BCUT2D eigenvalue weighted by atomic mass is 16.4. The van der Waals surface area contributed by atoms with Crippen LogP contribution >= 0.6 is 0 Å². The van der Waals surface area contributed by atoms with E-state index in [1.165, 1.54) is 6.08 Å². The monoisotopic (exact) mass is 292 g/mol. The van der Waals surface area contributed by atoms with Crippen molar-refractivity contribution in [2.45, 2.75) is 6.92 Å². The van der Waals surface area contributed by atoms with Crippen molar-refractivity contribution < 1.29 is 9.90 Å². The minimum Gasteiger partial charge on any atom is -0.478 e. The van der Waals surface area contributed by atoms with Crippen LogP contribution in [0.1, 0.15) is 18.1 Å². The van der Waals surface area contributed by atoms with E-state index >= 15 is 0 Å². The summed E-state index contributed by atoms with van der Waals surface area (Å²) >= 11 is 0. The van der Waals surface area contributed by atoms with Crippen molar-refractivity contribution in [2.75, 3.05) is 0 Å². The summed E-state index contributed by atoms with van der Waals surface area (Å²) in [6, 6.07) is 7.92. The van der Waals surface area contributed by atoms with E-state index in [0.717, 1.165) is 17.2 Å². The quantitative estimate of drug-likeness (QED) is 0.564. The molecule has 0 bridgehead atoms.